The van der Waals surface area contributed by atoms with Gasteiger partial charge in [0.25, 0.3) is 0 Å². The van der Waals surface area contributed by atoms with E-state index in [0.717, 1.165) is 24.2 Å². The molecule has 0 saturated heterocycles. The molecule has 3 rings (SSSR count). The molecule has 0 radical (unpaired) electrons. The molecule has 0 unspecified atom stereocenters. The van der Waals surface area contributed by atoms with E-state index in [1.807, 2.05) is 30.3 Å². The van der Waals surface area contributed by atoms with Gasteiger partial charge < -0.3 is 10.2 Å². The zero-order valence-electron chi connectivity index (χ0n) is 16.5. The number of carbonyl (C=O) groups is 1. The number of benzene rings is 2. The Morgan fingerprint density at radius 2 is 2.00 bits per heavy atom. The van der Waals surface area contributed by atoms with Crippen molar-refractivity contribution < 1.29 is 4.79 Å². The molecule has 1 aliphatic heterocycles. The number of carbonyl (C=O) groups excluding carboxylic acids is 1. The number of hydrogen-bond donors (Lipinski definition) is 2. The smallest absolute Gasteiger partial charge is 0.339 e. The van der Waals surface area contributed by atoms with Gasteiger partial charge in [-0.25, -0.2) is 10.2 Å². The molecular formula is C22H28N4O. The minimum absolute atomic E-state index is 0.161. The van der Waals surface area contributed by atoms with Crippen LogP contribution in [0.3, 0.4) is 0 Å². The summed E-state index contributed by atoms with van der Waals surface area (Å²) >= 11 is 0. The summed E-state index contributed by atoms with van der Waals surface area (Å²) in [6.07, 6.45) is 2.81. The van der Waals surface area contributed by atoms with Crippen molar-refractivity contribution in [3.63, 3.8) is 0 Å². The highest BCUT2D eigenvalue weighted by atomic mass is 16.2. The molecule has 2 N–H and O–H groups in total. The molecule has 1 aliphatic rings. The second-order valence-electron chi connectivity index (χ2n) is 7.67. The van der Waals surface area contributed by atoms with Gasteiger partial charge in [-0.2, -0.15) is 5.10 Å². The minimum Gasteiger partial charge on any atom is -0.366 e. The molecule has 1 atom stereocenters. The summed E-state index contributed by atoms with van der Waals surface area (Å²) in [6, 6.07) is 15.3. The van der Waals surface area contributed by atoms with E-state index in [1.54, 1.807) is 6.21 Å². The lowest BCUT2D eigenvalue weighted by Crippen LogP contribution is -2.48. The third-order valence-electron chi connectivity index (χ3n) is 5.14. The van der Waals surface area contributed by atoms with Crippen molar-refractivity contribution in [1.29, 1.82) is 0 Å². The van der Waals surface area contributed by atoms with Crippen LogP contribution in [0.2, 0.25) is 0 Å². The van der Waals surface area contributed by atoms with Crippen LogP contribution in [0.25, 0.3) is 0 Å². The van der Waals surface area contributed by atoms with Crippen LogP contribution in [-0.4, -0.2) is 24.3 Å². The maximum atomic E-state index is 11.9. The Labute approximate surface area is 161 Å². The Hall–Kier alpha value is -2.82. The fourth-order valence-corrected chi connectivity index (χ4v) is 4.03. The number of nitrogens with one attached hydrogen (secondary N) is 2. The van der Waals surface area contributed by atoms with E-state index in [1.165, 1.54) is 11.3 Å². The quantitative estimate of drug-likeness (QED) is 0.595. The zero-order chi connectivity index (χ0) is 19.4. The van der Waals surface area contributed by atoms with E-state index in [-0.39, 0.29) is 11.6 Å². The van der Waals surface area contributed by atoms with Crippen molar-refractivity contribution in [2.45, 2.75) is 45.6 Å². The van der Waals surface area contributed by atoms with Gasteiger partial charge in [0, 0.05) is 23.5 Å². The van der Waals surface area contributed by atoms with Gasteiger partial charge in [-0.1, -0.05) is 31.2 Å². The van der Waals surface area contributed by atoms with Crippen LogP contribution in [-0.2, 0) is 0 Å². The van der Waals surface area contributed by atoms with Crippen LogP contribution in [0.4, 0.5) is 16.2 Å². The lowest BCUT2D eigenvalue weighted by atomic mass is 9.79. The van der Waals surface area contributed by atoms with Crippen molar-refractivity contribution in [1.82, 2.24) is 5.43 Å². The summed E-state index contributed by atoms with van der Waals surface area (Å²) in [7, 11) is 0. The summed E-state index contributed by atoms with van der Waals surface area (Å²) in [5.41, 5.74) is 7.03. The van der Waals surface area contributed by atoms with Gasteiger partial charge in [0.1, 0.15) is 0 Å². The van der Waals surface area contributed by atoms with Gasteiger partial charge in [-0.05, 0) is 68.5 Å². The number of urea groups is 1. The second-order valence-corrected chi connectivity index (χ2v) is 7.67. The summed E-state index contributed by atoms with van der Waals surface area (Å²) in [4.78, 5) is 14.4. The topological polar surface area (TPSA) is 56.7 Å². The van der Waals surface area contributed by atoms with E-state index in [2.05, 4.69) is 66.6 Å². The van der Waals surface area contributed by atoms with E-state index in [9.17, 15) is 4.79 Å². The number of rotatable bonds is 4. The average Bonchev–Trinajstić information content (AvgIpc) is 2.62. The maximum Gasteiger partial charge on any atom is 0.339 e. The van der Waals surface area contributed by atoms with E-state index < -0.39 is 0 Å². The van der Waals surface area contributed by atoms with Gasteiger partial charge in [-0.3, -0.25) is 0 Å². The fraction of sp³-hybridized carbons (Fsp3) is 0.364. The molecule has 2 amide bonds. The predicted molar refractivity (Wildman–Crippen MR) is 113 cm³/mol. The summed E-state index contributed by atoms with van der Waals surface area (Å²) in [5.74, 6) is 0.487. The highest BCUT2D eigenvalue weighted by Gasteiger charge is 2.35. The van der Waals surface area contributed by atoms with Crippen LogP contribution in [0.5, 0.6) is 0 Å². The molecule has 1 heterocycles. The number of hydrazone groups is 1. The maximum absolute atomic E-state index is 11.9. The molecule has 0 aromatic heterocycles. The first-order valence-corrected chi connectivity index (χ1v) is 9.47. The van der Waals surface area contributed by atoms with Gasteiger partial charge in [0.2, 0.25) is 0 Å². The standard InChI is InChI=1S/C22H28N4O/c1-5-26-20-12-11-17(13-19(20)16(2)14-22(26,3)4)15-23-25-21(27)24-18-9-7-6-8-10-18/h6-13,15-16H,5,14H2,1-4H3,(H2,24,25,27)/b23-15+/t16-/m1/s1. The van der Waals surface area contributed by atoms with Gasteiger partial charge in [0.15, 0.2) is 0 Å². The van der Waals surface area contributed by atoms with Gasteiger partial charge in [-0.15, -0.1) is 0 Å². The van der Waals surface area contributed by atoms with Crippen molar-refractivity contribution in [3.05, 3.63) is 59.7 Å². The molecule has 0 spiro atoms. The van der Waals surface area contributed by atoms with Crippen molar-refractivity contribution in [2.24, 2.45) is 5.10 Å². The lowest BCUT2D eigenvalue weighted by molar-refractivity contribution is 0.252. The molecule has 5 nitrogen and oxygen atoms in total. The third kappa shape index (κ3) is 4.30. The first-order chi connectivity index (χ1) is 12.9. The summed E-state index contributed by atoms with van der Waals surface area (Å²) < 4.78 is 0. The van der Waals surface area contributed by atoms with E-state index in [0.29, 0.717) is 5.92 Å². The van der Waals surface area contributed by atoms with Crippen LogP contribution in [0.1, 0.15) is 51.2 Å². The average molecular weight is 364 g/mol. The van der Waals surface area contributed by atoms with Crippen LogP contribution in [0.15, 0.2) is 53.6 Å². The SMILES string of the molecule is CCN1c2ccc(/C=N/NC(=O)Nc3ccccc3)cc2[C@H](C)CC1(C)C. The van der Waals surface area contributed by atoms with Gasteiger partial charge in [0.05, 0.1) is 6.21 Å². The van der Waals surface area contributed by atoms with Crippen LogP contribution in [0, 0.1) is 0 Å². The Kier molecular flexibility index (Phi) is 5.49. The molecule has 0 bridgehead atoms. The van der Waals surface area contributed by atoms with Crippen LogP contribution < -0.4 is 15.6 Å². The number of hydrogen-bond acceptors (Lipinski definition) is 3. The highest BCUT2D eigenvalue weighted by Crippen LogP contribution is 2.43. The first-order valence-electron chi connectivity index (χ1n) is 9.47. The number of fused-ring (bicyclic) bond motifs is 1. The number of para-hydroxylation sites is 1. The Bertz CT molecular complexity index is 829. The monoisotopic (exact) mass is 364 g/mol. The van der Waals surface area contributed by atoms with Gasteiger partial charge >= 0.3 is 6.03 Å². The summed E-state index contributed by atoms with van der Waals surface area (Å²) in [6.45, 7) is 10.1. The number of nitrogens with zero attached hydrogens (tertiary/aromatic N) is 2. The number of anilines is 2. The zero-order valence-corrected chi connectivity index (χ0v) is 16.5. The lowest BCUT2D eigenvalue weighted by Gasteiger charge is -2.47. The Morgan fingerprint density at radius 3 is 2.70 bits per heavy atom. The Morgan fingerprint density at radius 1 is 1.26 bits per heavy atom. The molecule has 2 aromatic carbocycles. The summed E-state index contributed by atoms with van der Waals surface area (Å²) in [5, 5.41) is 6.82. The minimum atomic E-state index is -0.359. The van der Waals surface area contributed by atoms with E-state index in [4.69, 9.17) is 0 Å². The fourth-order valence-electron chi connectivity index (χ4n) is 4.03. The molecular weight excluding hydrogens is 336 g/mol. The molecule has 0 fully saturated rings. The molecule has 0 aliphatic carbocycles. The highest BCUT2D eigenvalue weighted by molar-refractivity contribution is 5.90. The second kappa shape index (κ2) is 7.82. The first kappa shape index (κ1) is 19.0. The largest absolute Gasteiger partial charge is 0.366 e. The Balaban J connectivity index is 1.69. The van der Waals surface area contributed by atoms with Crippen LogP contribution >= 0.6 is 0 Å². The molecule has 2 aromatic rings. The van der Waals surface area contributed by atoms with E-state index >= 15 is 0 Å². The van der Waals surface area contributed by atoms with Crippen molar-refractivity contribution in [2.75, 3.05) is 16.8 Å². The number of amides is 2. The normalized spacial score (nSPS) is 18.2. The third-order valence-corrected chi connectivity index (χ3v) is 5.14. The van der Waals surface area contributed by atoms with Crippen molar-refractivity contribution in [3.8, 4) is 0 Å². The molecule has 5 heteroatoms. The molecule has 0 saturated carbocycles. The van der Waals surface area contributed by atoms with Crippen molar-refractivity contribution >= 4 is 23.6 Å². The predicted octanol–water partition coefficient (Wildman–Crippen LogP) is 4.95. The molecule has 27 heavy (non-hydrogen) atoms. The molecule has 142 valence electrons.